The summed E-state index contributed by atoms with van der Waals surface area (Å²) >= 11 is 6.18. The fourth-order valence-corrected chi connectivity index (χ4v) is 4.20. The molecule has 144 valence electrons. The molecule has 2 heterocycles. The van der Waals surface area contributed by atoms with Crippen molar-refractivity contribution in [3.05, 3.63) is 21.6 Å². The standard InChI is InChI=1S/C18H28ClN5O2/c1-13-4-3-5-14(10-13)21-16(25)12-23-6-8-24(9-7-23)15-11-20-22(2)18(26)17(15)19/h11,13-14H,3-10,12H2,1-2H3,(H,21,25). The van der Waals surface area contributed by atoms with Gasteiger partial charge in [0.05, 0.1) is 18.4 Å². The Hall–Kier alpha value is -1.60. The van der Waals surface area contributed by atoms with Gasteiger partial charge in [0.15, 0.2) is 0 Å². The minimum atomic E-state index is -0.285. The molecule has 2 aliphatic rings. The van der Waals surface area contributed by atoms with Gasteiger partial charge in [0.1, 0.15) is 5.02 Å². The summed E-state index contributed by atoms with van der Waals surface area (Å²) in [5.41, 5.74) is 0.391. The maximum Gasteiger partial charge on any atom is 0.287 e. The highest BCUT2D eigenvalue weighted by Gasteiger charge is 2.24. The second-order valence-electron chi connectivity index (χ2n) is 7.57. The smallest absolute Gasteiger partial charge is 0.287 e. The highest BCUT2D eigenvalue weighted by Crippen LogP contribution is 2.24. The lowest BCUT2D eigenvalue weighted by molar-refractivity contribution is -0.123. The molecule has 1 saturated carbocycles. The number of hydrogen-bond acceptors (Lipinski definition) is 5. The maximum absolute atomic E-state index is 12.3. The van der Waals surface area contributed by atoms with Gasteiger partial charge in [0, 0.05) is 39.3 Å². The number of aryl methyl sites for hydroxylation is 1. The van der Waals surface area contributed by atoms with Gasteiger partial charge in [-0.1, -0.05) is 31.4 Å². The maximum atomic E-state index is 12.3. The molecule has 1 aromatic rings. The van der Waals surface area contributed by atoms with E-state index >= 15 is 0 Å². The Morgan fingerprint density at radius 3 is 2.73 bits per heavy atom. The van der Waals surface area contributed by atoms with Gasteiger partial charge in [-0.3, -0.25) is 14.5 Å². The molecule has 1 aliphatic heterocycles. The molecule has 1 amide bonds. The predicted octanol–water partition coefficient (Wildman–Crippen LogP) is 1.25. The lowest BCUT2D eigenvalue weighted by Crippen LogP contribution is -2.51. The first-order valence-electron chi connectivity index (χ1n) is 9.42. The number of carbonyl (C=O) groups is 1. The minimum Gasteiger partial charge on any atom is -0.366 e. The molecule has 1 aliphatic carbocycles. The zero-order valence-electron chi connectivity index (χ0n) is 15.6. The Bertz CT molecular complexity index is 699. The first kappa shape index (κ1) is 19.2. The molecule has 0 spiro atoms. The van der Waals surface area contributed by atoms with Gasteiger partial charge in [-0.15, -0.1) is 0 Å². The molecule has 7 nitrogen and oxygen atoms in total. The fraction of sp³-hybridized carbons (Fsp3) is 0.722. The monoisotopic (exact) mass is 381 g/mol. The summed E-state index contributed by atoms with van der Waals surface area (Å²) in [5, 5.41) is 7.45. The van der Waals surface area contributed by atoms with Crippen molar-refractivity contribution in [1.29, 1.82) is 0 Å². The summed E-state index contributed by atoms with van der Waals surface area (Å²) in [6.45, 7) is 5.67. The van der Waals surface area contributed by atoms with E-state index in [-0.39, 0.29) is 16.5 Å². The minimum absolute atomic E-state index is 0.117. The van der Waals surface area contributed by atoms with Crippen molar-refractivity contribution >= 4 is 23.2 Å². The Morgan fingerprint density at radius 1 is 1.31 bits per heavy atom. The topological polar surface area (TPSA) is 70.5 Å². The first-order chi connectivity index (χ1) is 12.4. The van der Waals surface area contributed by atoms with E-state index in [1.165, 1.54) is 17.5 Å². The number of anilines is 1. The highest BCUT2D eigenvalue weighted by atomic mass is 35.5. The van der Waals surface area contributed by atoms with Crippen molar-refractivity contribution in [2.75, 3.05) is 37.6 Å². The summed E-state index contributed by atoms with van der Waals surface area (Å²) in [4.78, 5) is 28.5. The van der Waals surface area contributed by atoms with Crippen LogP contribution in [0, 0.1) is 5.92 Å². The van der Waals surface area contributed by atoms with Crippen LogP contribution in [0.2, 0.25) is 5.02 Å². The third-order valence-electron chi connectivity index (χ3n) is 5.44. The van der Waals surface area contributed by atoms with E-state index in [1.807, 2.05) is 0 Å². The first-order valence-corrected chi connectivity index (χ1v) is 9.80. The average molecular weight is 382 g/mol. The van der Waals surface area contributed by atoms with Crippen molar-refractivity contribution in [2.45, 2.75) is 38.6 Å². The third kappa shape index (κ3) is 4.57. The van der Waals surface area contributed by atoms with Crippen molar-refractivity contribution in [2.24, 2.45) is 13.0 Å². The summed E-state index contributed by atoms with van der Waals surface area (Å²) in [6.07, 6.45) is 6.30. The van der Waals surface area contributed by atoms with Crippen LogP contribution in [0.1, 0.15) is 32.6 Å². The molecule has 8 heteroatoms. The lowest BCUT2D eigenvalue weighted by atomic mass is 9.87. The number of piperazine rings is 1. The number of halogens is 1. The fourth-order valence-electron chi connectivity index (χ4n) is 3.91. The van der Waals surface area contributed by atoms with Gasteiger partial charge in [-0.05, 0) is 18.8 Å². The van der Waals surface area contributed by atoms with Crippen LogP contribution in [-0.2, 0) is 11.8 Å². The molecule has 0 bridgehead atoms. The van der Waals surface area contributed by atoms with Gasteiger partial charge in [-0.2, -0.15) is 5.10 Å². The second-order valence-corrected chi connectivity index (χ2v) is 7.95. The van der Waals surface area contributed by atoms with Crippen molar-refractivity contribution in [1.82, 2.24) is 20.0 Å². The number of nitrogens with one attached hydrogen (secondary N) is 1. The molecule has 0 aromatic carbocycles. The van der Waals surface area contributed by atoms with E-state index in [0.29, 0.717) is 24.2 Å². The summed E-state index contributed by atoms with van der Waals surface area (Å²) < 4.78 is 1.23. The van der Waals surface area contributed by atoms with Gasteiger partial charge in [-0.25, -0.2) is 4.68 Å². The highest BCUT2D eigenvalue weighted by molar-refractivity contribution is 6.33. The number of rotatable bonds is 4. The van der Waals surface area contributed by atoms with Crippen LogP contribution >= 0.6 is 11.6 Å². The molecular formula is C18H28ClN5O2. The molecule has 26 heavy (non-hydrogen) atoms. The predicted molar refractivity (Wildman–Crippen MR) is 103 cm³/mol. The van der Waals surface area contributed by atoms with E-state index in [0.717, 1.165) is 39.0 Å². The second kappa shape index (κ2) is 8.39. The van der Waals surface area contributed by atoms with E-state index in [1.54, 1.807) is 13.2 Å². The Morgan fingerprint density at radius 2 is 2.04 bits per heavy atom. The van der Waals surface area contributed by atoms with E-state index in [2.05, 4.69) is 27.1 Å². The molecule has 0 radical (unpaired) electrons. The number of carbonyl (C=O) groups excluding carboxylic acids is 1. The Labute approximate surface area is 159 Å². The number of amides is 1. The van der Waals surface area contributed by atoms with Crippen LogP contribution in [0.3, 0.4) is 0 Å². The molecule has 1 saturated heterocycles. The Balaban J connectivity index is 1.49. The summed E-state index contributed by atoms with van der Waals surface area (Å²) in [7, 11) is 1.58. The molecule has 2 unspecified atom stereocenters. The number of aromatic nitrogens is 2. The van der Waals surface area contributed by atoms with Crippen LogP contribution in [0.15, 0.2) is 11.0 Å². The number of hydrogen-bond donors (Lipinski definition) is 1. The SMILES string of the molecule is CC1CCCC(NC(=O)CN2CCN(c3cnn(C)c(=O)c3Cl)CC2)C1. The quantitative estimate of drug-likeness (QED) is 0.850. The molecule has 2 atom stereocenters. The van der Waals surface area contributed by atoms with Gasteiger partial charge in [0.25, 0.3) is 5.56 Å². The van der Waals surface area contributed by atoms with E-state index in [4.69, 9.17) is 11.6 Å². The molecule has 2 fully saturated rings. The molecule has 3 rings (SSSR count). The van der Waals surface area contributed by atoms with Gasteiger partial charge >= 0.3 is 0 Å². The molecular weight excluding hydrogens is 354 g/mol. The van der Waals surface area contributed by atoms with Crippen molar-refractivity contribution in [3.8, 4) is 0 Å². The largest absolute Gasteiger partial charge is 0.366 e. The molecule has 1 aromatic heterocycles. The van der Waals surface area contributed by atoms with Crippen molar-refractivity contribution < 1.29 is 4.79 Å². The van der Waals surface area contributed by atoms with Crippen molar-refractivity contribution in [3.63, 3.8) is 0 Å². The van der Waals surface area contributed by atoms with Gasteiger partial charge < -0.3 is 10.2 Å². The Kier molecular flexibility index (Phi) is 6.19. The van der Waals surface area contributed by atoms with Crippen LogP contribution in [0.4, 0.5) is 5.69 Å². The number of nitrogens with zero attached hydrogens (tertiary/aromatic N) is 4. The normalized spacial score (nSPS) is 24.5. The van der Waals surface area contributed by atoms with E-state index < -0.39 is 0 Å². The summed E-state index contributed by atoms with van der Waals surface area (Å²) in [5.74, 6) is 0.820. The van der Waals surface area contributed by atoms with Crippen LogP contribution < -0.4 is 15.8 Å². The van der Waals surface area contributed by atoms with Crippen LogP contribution in [0.25, 0.3) is 0 Å². The van der Waals surface area contributed by atoms with Crippen LogP contribution in [0.5, 0.6) is 0 Å². The lowest BCUT2D eigenvalue weighted by Gasteiger charge is -2.36. The van der Waals surface area contributed by atoms with Gasteiger partial charge in [0.2, 0.25) is 5.91 Å². The van der Waals surface area contributed by atoms with E-state index in [9.17, 15) is 9.59 Å². The third-order valence-corrected chi connectivity index (χ3v) is 5.80. The zero-order chi connectivity index (χ0) is 18.7. The zero-order valence-corrected chi connectivity index (χ0v) is 16.3. The molecule has 1 N–H and O–H groups in total. The van der Waals surface area contributed by atoms with Crippen LogP contribution in [-0.4, -0.2) is 59.4 Å². The summed E-state index contributed by atoms with van der Waals surface area (Å²) in [6, 6.07) is 0.331. The average Bonchev–Trinajstić information content (AvgIpc) is 2.61.